The number of fused-ring (bicyclic) bond motifs is 1. The summed E-state index contributed by atoms with van der Waals surface area (Å²) in [6.07, 6.45) is 3.09. The molecule has 112 valence electrons. The standard InChI is InChI=1S/C19H18FNO/c20-16-9-7-15(8-10-16)18(14-5-6-14)19(22)21-12-11-13-3-1-2-4-17(13)21/h1-4,7-10,14,18H,5-6,11-12H2. The van der Waals surface area contributed by atoms with Gasteiger partial charge in [-0.3, -0.25) is 4.79 Å². The van der Waals surface area contributed by atoms with Crippen LogP contribution < -0.4 is 4.90 Å². The number of carbonyl (C=O) groups is 1. The molecule has 1 fully saturated rings. The van der Waals surface area contributed by atoms with E-state index in [4.69, 9.17) is 0 Å². The van der Waals surface area contributed by atoms with Crippen LogP contribution in [0.2, 0.25) is 0 Å². The minimum absolute atomic E-state index is 0.133. The zero-order chi connectivity index (χ0) is 15.1. The minimum Gasteiger partial charge on any atom is -0.311 e. The van der Waals surface area contributed by atoms with E-state index in [1.54, 1.807) is 12.1 Å². The summed E-state index contributed by atoms with van der Waals surface area (Å²) in [5.41, 5.74) is 3.23. The summed E-state index contributed by atoms with van der Waals surface area (Å²) in [7, 11) is 0. The third-order valence-corrected chi connectivity index (χ3v) is 4.74. The van der Waals surface area contributed by atoms with Gasteiger partial charge in [-0.25, -0.2) is 4.39 Å². The normalized spacial score (nSPS) is 18.1. The van der Waals surface area contributed by atoms with Crippen molar-refractivity contribution in [3.63, 3.8) is 0 Å². The van der Waals surface area contributed by atoms with E-state index < -0.39 is 0 Å². The Hall–Kier alpha value is -2.16. The van der Waals surface area contributed by atoms with Gasteiger partial charge in [-0.2, -0.15) is 0 Å². The Kier molecular flexibility index (Phi) is 3.21. The second-order valence-corrected chi connectivity index (χ2v) is 6.24. The topological polar surface area (TPSA) is 20.3 Å². The smallest absolute Gasteiger partial charge is 0.234 e. The van der Waals surface area contributed by atoms with Crippen LogP contribution in [0.25, 0.3) is 0 Å². The molecule has 0 N–H and O–H groups in total. The molecule has 3 heteroatoms. The molecule has 1 amide bonds. The number of hydrogen-bond donors (Lipinski definition) is 0. The number of benzene rings is 2. The van der Waals surface area contributed by atoms with Crippen LogP contribution in [0.3, 0.4) is 0 Å². The lowest BCUT2D eigenvalue weighted by Gasteiger charge is -2.24. The van der Waals surface area contributed by atoms with Crippen LogP contribution in [0, 0.1) is 11.7 Å². The molecule has 4 rings (SSSR count). The van der Waals surface area contributed by atoms with Crippen molar-refractivity contribution in [2.24, 2.45) is 5.92 Å². The van der Waals surface area contributed by atoms with E-state index in [0.717, 1.165) is 37.1 Å². The van der Waals surface area contributed by atoms with E-state index in [1.165, 1.54) is 17.7 Å². The van der Waals surface area contributed by atoms with Crippen LogP contribution in [-0.4, -0.2) is 12.5 Å². The molecule has 2 aromatic rings. The van der Waals surface area contributed by atoms with Gasteiger partial charge < -0.3 is 4.90 Å². The molecular formula is C19H18FNO. The molecule has 1 saturated carbocycles. The Balaban J connectivity index is 1.66. The van der Waals surface area contributed by atoms with Gasteiger partial charge in [0.25, 0.3) is 0 Å². The third-order valence-electron chi connectivity index (χ3n) is 4.74. The first-order chi connectivity index (χ1) is 10.7. The van der Waals surface area contributed by atoms with Crippen molar-refractivity contribution in [2.75, 3.05) is 11.4 Å². The number of hydrogen-bond acceptors (Lipinski definition) is 1. The van der Waals surface area contributed by atoms with Crippen molar-refractivity contribution in [3.8, 4) is 0 Å². The summed E-state index contributed by atoms with van der Waals surface area (Å²) in [6.45, 7) is 0.753. The zero-order valence-electron chi connectivity index (χ0n) is 12.3. The van der Waals surface area contributed by atoms with Gasteiger partial charge in [-0.15, -0.1) is 0 Å². The summed E-state index contributed by atoms with van der Waals surface area (Å²) < 4.78 is 13.2. The molecule has 1 aliphatic heterocycles. The molecule has 1 aliphatic carbocycles. The molecule has 2 nitrogen and oxygen atoms in total. The molecule has 0 saturated heterocycles. The van der Waals surface area contributed by atoms with Gasteiger partial charge in [0.15, 0.2) is 0 Å². The molecule has 0 bridgehead atoms. The molecular weight excluding hydrogens is 277 g/mol. The van der Waals surface area contributed by atoms with Crippen LogP contribution >= 0.6 is 0 Å². The molecule has 0 spiro atoms. The Labute approximate surface area is 129 Å². The Morgan fingerprint density at radius 1 is 1.09 bits per heavy atom. The average Bonchev–Trinajstić information content (AvgIpc) is 3.27. The summed E-state index contributed by atoms with van der Waals surface area (Å²) in [5.74, 6) is 0.189. The predicted molar refractivity (Wildman–Crippen MR) is 84.4 cm³/mol. The molecule has 22 heavy (non-hydrogen) atoms. The Morgan fingerprint density at radius 2 is 1.82 bits per heavy atom. The first-order valence-corrected chi connectivity index (χ1v) is 7.89. The summed E-state index contributed by atoms with van der Waals surface area (Å²) >= 11 is 0. The molecule has 1 atom stereocenters. The fraction of sp³-hybridized carbons (Fsp3) is 0.316. The first-order valence-electron chi connectivity index (χ1n) is 7.89. The van der Waals surface area contributed by atoms with E-state index in [2.05, 4.69) is 6.07 Å². The van der Waals surface area contributed by atoms with Crippen LogP contribution in [-0.2, 0) is 11.2 Å². The molecule has 0 radical (unpaired) electrons. The van der Waals surface area contributed by atoms with Gasteiger partial charge in [0.1, 0.15) is 5.82 Å². The highest BCUT2D eigenvalue weighted by atomic mass is 19.1. The fourth-order valence-electron chi connectivity index (χ4n) is 3.45. The van der Waals surface area contributed by atoms with Gasteiger partial charge in [0.05, 0.1) is 5.92 Å². The number of anilines is 1. The number of halogens is 1. The largest absolute Gasteiger partial charge is 0.311 e. The summed E-state index contributed by atoms with van der Waals surface area (Å²) in [6, 6.07) is 14.5. The van der Waals surface area contributed by atoms with E-state index in [1.807, 2.05) is 23.1 Å². The lowest BCUT2D eigenvalue weighted by atomic mass is 9.92. The van der Waals surface area contributed by atoms with Crippen LogP contribution in [0.4, 0.5) is 10.1 Å². The van der Waals surface area contributed by atoms with E-state index in [9.17, 15) is 9.18 Å². The van der Waals surface area contributed by atoms with E-state index in [0.29, 0.717) is 5.92 Å². The maximum Gasteiger partial charge on any atom is 0.234 e. The predicted octanol–water partition coefficient (Wildman–Crippen LogP) is 3.91. The summed E-state index contributed by atoms with van der Waals surface area (Å²) in [5, 5.41) is 0. The second-order valence-electron chi connectivity index (χ2n) is 6.24. The molecule has 1 heterocycles. The van der Waals surface area contributed by atoms with Crippen LogP contribution in [0.5, 0.6) is 0 Å². The van der Waals surface area contributed by atoms with Gasteiger partial charge in [-0.1, -0.05) is 30.3 Å². The Morgan fingerprint density at radius 3 is 2.55 bits per heavy atom. The minimum atomic E-state index is -0.253. The van der Waals surface area contributed by atoms with E-state index in [-0.39, 0.29) is 17.6 Å². The SMILES string of the molecule is O=C(C(c1ccc(F)cc1)C1CC1)N1CCc2ccccc21. The summed E-state index contributed by atoms with van der Waals surface area (Å²) in [4.78, 5) is 15.0. The number of para-hydroxylation sites is 1. The van der Waals surface area contributed by atoms with E-state index >= 15 is 0 Å². The van der Waals surface area contributed by atoms with Crippen molar-refractivity contribution in [1.82, 2.24) is 0 Å². The lowest BCUT2D eigenvalue weighted by Crippen LogP contribution is -2.34. The van der Waals surface area contributed by atoms with Crippen molar-refractivity contribution < 1.29 is 9.18 Å². The first kappa shape index (κ1) is 13.5. The van der Waals surface area contributed by atoms with Crippen molar-refractivity contribution in [2.45, 2.75) is 25.2 Å². The van der Waals surface area contributed by atoms with Gasteiger partial charge in [0.2, 0.25) is 5.91 Å². The third kappa shape index (κ3) is 2.31. The number of amides is 1. The van der Waals surface area contributed by atoms with Crippen molar-refractivity contribution >= 4 is 11.6 Å². The van der Waals surface area contributed by atoms with Gasteiger partial charge in [-0.05, 0) is 54.5 Å². The second kappa shape index (κ2) is 5.24. The lowest BCUT2D eigenvalue weighted by molar-refractivity contribution is -0.120. The highest BCUT2D eigenvalue weighted by molar-refractivity contribution is 6.00. The molecule has 0 aromatic heterocycles. The van der Waals surface area contributed by atoms with Crippen LogP contribution in [0.1, 0.15) is 29.9 Å². The van der Waals surface area contributed by atoms with Gasteiger partial charge in [0, 0.05) is 12.2 Å². The average molecular weight is 295 g/mol. The maximum atomic E-state index is 13.2. The highest BCUT2D eigenvalue weighted by Crippen LogP contribution is 2.45. The monoisotopic (exact) mass is 295 g/mol. The van der Waals surface area contributed by atoms with Crippen molar-refractivity contribution in [1.29, 1.82) is 0 Å². The quantitative estimate of drug-likeness (QED) is 0.840. The molecule has 2 aromatic carbocycles. The molecule has 1 unspecified atom stereocenters. The maximum absolute atomic E-state index is 13.2. The molecule has 2 aliphatic rings. The zero-order valence-corrected chi connectivity index (χ0v) is 12.3. The number of nitrogens with zero attached hydrogens (tertiary/aromatic N) is 1. The Bertz CT molecular complexity index is 706. The highest BCUT2D eigenvalue weighted by Gasteiger charge is 2.40. The van der Waals surface area contributed by atoms with Gasteiger partial charge >= 0.3 is 0 Å². The van der Waals surface area contributed by atoms with Crippen molar-refractivity contribution in [3.05, 3.63) is 65.5 Å². The number of rotatable bonds is 3. The van der Waals surface area contributed by atoms with Crippen LogP contribution in [0.15, 0.2) is 48.5 Å². The fourth-order valence-corrected chi connectivity index (χ4v) is 3.45. The number of carbonyl (C=O) groups excluding carboxylic acids is 1.